The molecule has 0 radical (unpaired) electrons. The fourth-order valence-corrected chi connectivity index (χ4v) is 3.60. The molecule has 10 heteroatoms. The van der Waals surface area contributed by atoms with Crippen LogP contribution in [0.4, 0.5) is 0 Å². The number of hydrogen-bond donors (Lipinski definition) is 2. The highest BCUT2D eigenvalue weighted by Crippen LogP contribution is 2.33. The van der Waals surface area contributed by atoms with Crippen molar-refractivity contribution < 1.29 is 12.9 Å². The average molecular weight is 362 g/mol. The van der Waals surface area contributed by atoms with E-state index in [1.165, 1.54) is 18.5 Å². The number of sulfonamides is 1. The highest BCUT2D eigenvalue weighted by Gasteiger charge is 2.35. The van der Waals surface area contributed by atoms with E-state index >= 15 is 0 Å². The predicted octanol–water partition coefficient (Wildman–Crippen LogP) is 1.92. The lowest BCUT2D eigenvalue weighted by molar-refractivity contribution is 0.236. The number of rotatable bonds is 5. The molecule has 0 saturated carbocycles. The van der Waals surface area contributed by atoms with Crippen molar-refractivity contribution in [1.82, 2.24) is 30.0 Å². The molecular weight excluding hydrogens is 344 g/mol. The Morgan fingerprint density at radius 1 is 1.20 bits per heavy atom. The van der Waals surface area contributed by atoms with E-state index in [4.69, 9.17) is 4.52 Å². The number of hydrogen-bond acceptors (Lipinski definition) is 7. The molecule has 132 valence electrons. The molecule has 2 aromatic heterocycles. The lowest BCUT2D eigenvalue weighted by Crippen LogP contribution is -2.36. The van der Waals surface area contributed by atoms with Crippen LogP contribution in [-0.4, -0.2) is 33.7 Å². The van der Waals surface area contributed by atoms with Gasteiger partial charge in [0.15, 0.2) is 5.82 Å². The van der Waals surface area contributed by atoms with Gasteiger partial charge in [-0.2, -0.15) is 14.8 Å². The molecule has 0 unspecified atom stereocenters. The summed E-state index contributed by atoms with van der Waals surface area (Å²) in [5, 5.41) is 10.2. The standard InChI is InChI=1S/C15H18N6O3S/c1-15(2,3)11(21-25(22,23)10-7-5-4-6-8-10)14-18-13(20-24-14)12-16-9-17-19-12/h4-9,11,21H,1-3H3,(H,16,17,19)/t11-/m1/s1. The van der Waals surface area contributed by atoms with E-state index in [2.05, 4.69) is 30.0 Å². The largest absolute Gasteiger partial charge is 0.337 e. The molecule has 0 spiro atoms. The molecule has 1 aromatic carbocycles. The Hall–Kier alpha value is -2.59. The molecule has 0 aliphatic rings. The maximum absolute atomic E-state index is 12.7. The zero-order chi connectivity index (χ0) is 18.1. The van der Waals surface area contributed by atoms with E-state index in [-0.39, 0.29) is 16.6 Å². The van der Waals surface area contributed by atoms with Crippen LogP contribution in [0.1, 0.15) is 32.7 Å². The first-order chi connectivity index (χ1) is 11.8. The van der Waals surface area contributed by atoms with E-state index in [1.54, 1.807) is 18.2 Å². The molecule has 0 fully saturated rings. The van der Waals surface area contributed by atoms with Gasteiger partial charge in [0.1, 0.15) is 12.4 Å². The van der Waals surface area contributed by atoms with Crippen LogP contribution < -0.4 is 4.72 Å². The summed E-state index contributed by atoms with van der Waals surface area (Å²) in [6.07, 6.45) is 1.32. The Morgan fingerprint density at radius 3 is 2.52 bits per heavy atom. The molecule has 0 aliphatic carbocycles. The Balaban J connectivity index is 1.94. The average Bonchev–Trinajstić information content (AvgIpc) is 3.23. The van der Waals surface area contributed by atoms with Crippen LogP contribution >= 0.6 is 0 Å². The number of aromatic amines is 1. The van der Waals surface area contributed by atoms with E-state index in [1.807, 2.05) is 20.8 Å². The summed E-state index contributed by atoms with van der Waals surface area (Å²) in [5.41, 5.74) is -0.507. The number of benzene rings is 1. The van der Waals surface area contributed by atoms with Crippen molar-refractivity contribution in [2.24, 2.45) is 5.41 Å². The summed E-state index contributed by atoms with van der Waals surface area (Å²) >= 11 is 0. The molecule has 2 N–H and O–H groups in total. The minimum absolute atomic E-state index is 0.151. The van der Waals surface area contributed by atoms with E-state index < -0.39 is 21.5 Å². The summed E-state index contributed by atoms with van der Waals surface area (Å²) in [5.74, 6) is 0.702. The number of aromatic nitrogens is 5. The highest BCUT2D eigenvalue weighted by atomic mass is 32.2. The van der Waals surface area contributed by atoms with Gasteiger partial charge in [0.25, 0.3) is 0 Å². The van der Waals surface area contributed by atoms with Crippen LogP contribution in [0.3, 0.4) is 0 Å². The van der Waals surface area contributed by atoms with E-state index in [9.17, 15) is 8.42 Å². The molecule has 3 rings (SSSR count). The fraction of sp³-hybridized carbons (Fsp3) is 0.333. The smallest absolute Gasteiger partial charge is 0.245 e. The van der Waals surface area contributed by atoms with Crippen LogP contribution in [0.25, 0.3) is 11.6 Å². The van der Waals surface area contributed by atoms with Crippen LogP contribution in [0.2, 0.25) is 0 Å². The van der Waals surface area contributed by atoms with E-state index in [0.717, 1.165) is 0 Å². The van der Waals surface area contributed by atoms with Crippen molar-refractivity contribution in [1.29, 1.82) is 0 Å². The van der Waals surface area contributed by atoms with Crippen molar-refractivity contribution in [2.75, 3.05) is 0 Å². The fourth-order valence-electron chi connectivity index (χ4n) is 2.18. The molecule has 0 aliphatic heterocycles. The minimum atomic E-state index is -3.75. The van der Waals surface area contributed by atoms with Crippen LogP contribution in [0.5, 0.6) is 0 Å². The molecule has 25 heavy (non-hydrogen) atoms. The molecule has 3 aromatic rings. The third-order valence-electron chi connectivity index (χ3n) is 3.51. The zero-order valence-corrected chi connectivity index (χ0v) is 14.8. The number of H-pyrrole nitrogens is 1. The summed E-state index contributed by atoms with van der Waals surface area (Å²) < 4.78 is 33.3. The van der Waals surface area contributed by atoms with Crippen molar-refractivity contribution in [2.45, 2.75) is 31.7 Å². The van der Waals surface area contributed by atoms with Gasteiger partial charge in [0, 0.05) is 0 Å². The molecular formula is C15H18N6O3S. The zero-order valence-electron chi connectivity index (χ0n) is 14.0. The molecule has 0 amide bonds. The van der Waals surface area contributed by atoms with Crippen molar-refractivity contribution in [3.05, 3.63) is 42.5 Å². The van der Waals surface area contributed by atoms with Gasteiger partial charge >= 0.3 is 0 Å². The van der Waals surface area contributed by atoms with Gasteiger partial charge in [0.2, 0.25) is 21.7 Å². The first kappa shape index (κ1) is 17.2. The first-order valence-corrected chi connectivity index (χ1v) is 9.02. The molecule has 9 nitrogen and oxygen atoms in total. The van der Waals surface area contributed by atoms with Gasteiger partial charge in [-0.05, 0) is 17.5 Å². The van der Waals surface area contributed by atoms with Crippen molar-refractivity contribution in [3.63, 3.8) is 0 Å². The van der Waals surface area contributed by atoms with Crippen molar-refractivity contribution in [3.8, 4) is 11.6 Å². The quantitative estimate of drug-likeness (QED) is 0.710. The minimum Gasteiger partial charge on any atom is -0.337 e. The highest BCUT2D eigenvalue weighted by molar-refractivity contribution is 7.89. The second-order valence-electron chi connectivity index (χ2n) is 6.52. The maximum atomic E-state index is 12.7. The second kappa shape index (κ2) is 6.37. The van der Waals surface area contributed by atoms with Crippen LogP contribution in [0, 0.1) is 5.41 Å². The molecule has 0 bridgehead atoms. The summed E-state index contributed by atoms with van der Waals surface area (Å²) in [6, 6.07) is 7.40. The van der Waals surface area contributed by atoms with Crippen LogP contribution in [0.15, 0.2) is 46.1 Å². The lowest BCUT2D eigenvalue weighted by atomic mass is 9.87. The Kier molecular flexibility index (Phi) is 4.39. The summed E-state index contributed by atoms with van der Waals surface area (Å²) in [4.78, 5) is 8.38. The number of nitrogens with zero attached hydrogens (tertiary/aromatic N) is 4. The monoisotopic (exact) mass is 362 g/mol. The van der Waals surface area contributed by atoms with Gasteiger partial charge in [-0.3, -0.25) is 5.10 Å². The third kappa shape index (κ3) is 3.74. The molecule has 2 heterocycles. The SMILES string of the molecule is CC(C)(C)[C@H](NS(=O)(=O)c1ccccc1)c1nc(-c2ncn[nH]2)no1. The Bertz CT molecular complexity index is 929. The summed E-state index contributed by atoms with van der Waals surface area (Å²) in [6.45, 7) is 5.64. The first-order valence-electron chi connectivity index (χ1n) is 7.54. The predicted molar refractivity (Wildman–Crippen MR) is 88.6 cm³/mol. The molecule has 0 saturated heterocycles. The van der Waals surface area contributed by atoms with Crippen molar-refractivity contribution >= 4 is 10.0 Å². The topological polar surface area (TPSA) is 127 Å². The van der Waals surface area contributed by atoms with Gasteiger partial charge in [-0.25, -0.2) is 13.4 Å². The lowest BCUT2D eigenvalue weighted by Gasteiger charge is -2.28. The summed E-state index contributed by atoms with van der Waals surface area (Å²) in [7, 11) is -3.75. The van der Waals surface area contributed by atoms with E-state index in [0.29, 0.717) is 5.82 Å². The Labute approximate surface area is 144 Å². The normalized spacial score (nSPS) is 13.7. The van der Waals surface area contributed by atoms with Gasteiger partial charge in [0.05, 0.1) is 4.90 Å². The van der Waals surface area contributed by atoms with Gasteiger partial charge in [-0.15, -0.1) is 0 Å². The Morgan fingerprint density at radius 2 is 1.92 bits per heavy atom. The van der Waals surface area contributed by atoms with Gasteiger partial charge < -0.3 is 4.52 Å². The maximum Gasteiger partial charge on any atom is 0.245 e. The second-order valence-corrected chi connectivity index (χ2v) is 8.24. The van der Waals surface area contributed by atoms with Crippen LogP contribution in [-0.2, 0) is 10.0 Å². The van der Waals surface area contributed by atoms with Gasteiger partial charge in [-0.1, -0.05) is 44.1 Å². The third-order valence-corrected chi connectivity index (χ3v) is 4.95. The number of nitrogens with one attached hydrogen (secondary N) is 2. The molecule has 1 atom stereocenters.